The molecular weight excluding hydrogens is 198 g/mol. The smallest absolute Gasteiger partial charge is 0.246 e. The van der Waals surface area contributed by atoms with Crippen LogP contribution in [0.25, 0.3) is 0 Å². The van der Waals surface area contributed by atoms with E-state index in [1.165, 1.54) is 11.3 Å². The summed E-state index contributed by atoms with van der Waals surface area (Å²) in [5, 5.41) is 13.7. The summed E-state index contributed by atoms with van der Waals surface area (Å²) in [7, 11) is 0. The van der Waals surface area contributed by atoms with Crippen LogP contribution < -0.4 is 5.32 Å². The normalized spacial score (nSPS) is 10.7. The molecule has 74 valence electrons. The fourth-order valence-electron chi connectivity index (χ4n) is 0.716. The van der Waals surface area contributed by atoms with E-state index in [1.54, 1.807) is 13.8 Å². The molecule has 1 N–H and O–H groups in total. The Morgan fingerprint density at radius 2 is 2.36 bits per heavy atom. The Balaban J connectivity index is 2.72. The molecule has 0 saturated carbocycles. The van der Waals surface area contributed by atoms with Crippen LogP contribution in [-0.4, -0.2) is 10.9 Å². The summed E-state index contributed by atoms with van der Waals surface area (Å²) in [4.78, 5) is 15.6. The third-order valence-corrected chi connectivity index (χ3v) is 2.56. The Kier molecular flexibility index (Phi) is 2.87. The number of rotatable bonds is 2. The molecule has 0 spiro atoms. The van der Waals surface area contributed by atoms with Crippen LogP contribution in [0.2, 0.25) is 0 Å². The molecule has 1 rings (SSSR count). The van der Waals surface area contributed by atoms with Crippen molar-refractivity contribution in [1.82, 2.24) is 4.98 Å². The number of hydrogen-bond acceptors (Lipinski definition) is 4. The van der Waals surface area contributed by atoms with Crippen molar-refractivity contribution in [3.05, 3.63) is 11.1 Å². The van der Waals surface area contributed by atoms with Gasteiger partial charge in [0.2, 0.25) is 5.91 Å². The molecule has 0 atom stereocenters. The number of carbonyl (C=O) groups excluding carboxylic acids is 1. The Hall–Kier alpha value is -1.41. The van der Waals surface area contributed by atoms with Crippen LogP contribution in [0.1, 0.15) is 19.5 Å². The fraction of sp³-hybridized carbons (Fsp3) is 0.444. The summed E-state index contributed by atoms with van der Waals surface area (Å²) in [6.07, 6.45) is 0. The number of nitrogens with zero attached hydrogens (tertiary/aromatic N) is 2. The Morgan fingerprint density at radius 1 is 1.71 bits per heavy atom. The van der Waals surface area contributed by atoms with Crippen molar-refractivity contribution in [3.63, 3.8) is 0 Å². The second-order valence-electron chi connectivity index (χ2n) is 3.48. The highest BCUT2D eigenvalue weighted by Crippen LogP contribution is 2.19. The van der Waals surface area contributed by atoms with Crippen molar-refractivity contribution in [2.45, 2.75) is 20.8 Å². The van der Waals surface area contributed by atoms with Gasteiger partial charge in [-0.15, -0.1) is 11.3 Å². The molecule has 1 amide bonds. The van der Waals surface area contributed by atoms with Crippen molar-refractivity contribution < 1.29 is 4.79 Å². The minimum absolute atomic E-state index is 0.325. The third-order valence-electron chi connectivity index (χ3n) is 1.69. The van der Waals surface area contributed by atoms with E-state index in [1.807, 2.05) is 18.4 Å². The number of nitriles is 1. The number of aryl methyl sites for hydroxylation is 1. The van der Waals surface area contributed by atoms with Crippen LogP contribution in [0, 0.1) is 23.7 Å². The maximum Gasteiger partial charge on any atom is 0.246 e. The summed E-state index contributed by atoms with van der Waals surface area (Å²) in [5.41, 5.74) is -0.153. The van der Waals surface area contributed by atoms with Gasteiger partial charge >= 0.3 is 0 Å². The topological polar surface area (TPSA) is 65.8 Å². The summed E-state index contributed by atoms with van der Waals surface area (Å²) < 4.78 is 0. The standard InChI is InChI=1S/C9H11N3OS/c1-6-4-14-8(11-6)12-7(13)9(2,3)5-10/h4H,1-3H3,(H,11,12,13). The van der Waals surface area contributed by atoms with Gasteiger partial charge in [0.15, 0.2) is 5.13 Å². The first-order chi connectivity index (χ1) is 6.45. The second kappa shape index (κ2) is 3.76. The van der Waals surface area contributed by atoms with Crippen LogP contribution in [0.15, 0.2) is 5.38 Å². The van der Waals surface area contributed by atoms with Crippen LogP contribution in [-0.2, 0) is 4.79 Å². The molecule has 0 aliphatic carbocycles. The fourth-order valence-corrected chi connectivity index (χ4v) is 1.40. The van der Waals surface area contributed by atoms with Gasteiger partial charge in [-0.25, -0.2) is 4.98 Å². The summed E-state index contributed by atoms with van der Waals surface area (Å²) in [6.45, 7) is 4.99. The number of thiazole rings is 1. The molecule has 0 aromatic carbocycles. The van der Waals surface area contributed by atoms with E-state index in [0.717, 1.165) is 5.69 Å². The number of nitrogens with one attached hydrogen (secondary N) is 1. The molecule has 1 heterocycles. The Morgan fingerprint density at radius 3 is 2.79 bits per heavy atom. The van der Waals surface area contributed by atoms with Crippen molar-refractivity contribution in [1.29, 1.82) is 5.26 Å². The number of hydrogen-bond donors (Lipinski definition) is 1. The predicted octanol–water partition coefficient (Wildman–Crippen LogP) is 1.94. The number of carbonyl (C=O) groups is 1. The Labute approximate surface area is 86.6 Å². The van der Waals surface area contributed by atoms with Gasteiger partial charge in [-0.3, -0.25) is 4.79 Å². The molecular formula is C9H11N3OS. The van der Waals surface area contributed by atoms with Gasteiger partial charge in [0.1, 0.15) is 5.41 Å². The molecule has 4 nitrogen and oxygen atoms in total. The molecule has 0 radical (unpaired) electrons. The lowest BCUT2D eigenvalue weighted by Crippen LogP contribution is -2.29. The van der Waals surface area contributed by atoms with E-state index in [2.05, 4.69) is 10.3 Å². The summed E-state index contributed by atoms with van der Waals surface area (Å²) >= 11 is 1.35. The van der Waals surface area contributed by atoms with Gasteiger partial charge in [0.25, 0.3) is 0 Å². The number of aromatic nitrogens is 1. The van der Waals surface area contributed by atoms with Gasteiger partial charge in [0.05, 0.1) is 11.8 Å². The average molecular weight is 209 g/mol. The van der Waals surface area contributed by atoms with Crippen LogP contribution in [0.4, 0.5) is 5.13 Å². The molecule has 0 aliphatic heterocycles. The largest absolute Gasteiger partial charge is 0.301 e. The summed E-state index contributed by atoms with van der Waals surface area (Å²) in [6, 6.07) is 1.93. The zero-order valence-electron chi connectivity index (χ0n) is 8.29. The predicted molar refractivity (Wildman–Crippen MR) is 54.9 cm³/mol. The lowest BCUT2D eigenvalue weighted by Gasteiger charge is -2.12. The quantitative estimate of drug-likeness (QED) is 0.809. The maximum absolute atomic E-state index is 11.5. The second-order valence-corrected chi connectivity index (χ2v) is 4.34. The van der Waals surface area contributed by atoms with Gasteiger partial charge in [-0.05, 0) is 20.8 Å². The summed E-state index contributed by atoms with van der Waals surface area (Å²) in [5.74, 6) is -0.325. The van der Waals surface area contributed by atoms with E-state index in [-0.39, 0.29) is 5.91 Å². The SMILES string of the molecule is Cc1csc(NC(=O)C(C)(C)C#N)n1. The van der Waals surface area contributed by atoms with Crippen molar-refractivity contribution in [2.24, 2.45) is 5.41 Å². The van der Waals surface area contributed by atoms with Gasteiger partial charge in [-0.1, -0.05) is 0 Å². The first-order valence-electron chi connectivity index (χ1n) is 4.10. The highest BCUT2D eigenvalue weighted by molar-refractivity contribution is 7.13. The van der Waals surface area contributed by atoms with E-state index in [4.69, 9.17) is 5.26 Å². The van der Waals surface area contributed by atoms with Crippen molar-refractivity contribution in [2.75, 3.05) is 5.32 Å². The third kappa shape index (κ3) is 2.30. The average Bonchev–Trinajstić information content (AvgIpc) is 2.51. The van der Waals surface area contributed by atoms with Gasteiger partial charge in [0, 0.05) is 5.38 Å². The highest BCUT2D eigenvalue weighted by Gasteiger charge is 2.27. The molecule has 0 bridgehead atoms. The van der Waals surface area contributed by atoms with E-state index in [0.29, 0.717) is 5.13 Å². The highest BCUT2D eigenvalue weighted by atomic mass is 32.1. The first kappa shape index (κ1) is 10.7. The first-order valence-corrected chi connectivity index (χ1v) is 4.98. The van der Waals surface area contributed by atoms with Crippen LogP contribution in [0.3, 0.4) is 0 Å². The zero-order valence-corrected chi connectivity index (χ0v) is 9.10. The Bertz CT molecular complexity index is 389. The van der Waals surface area contributed by atoms with E-state index in [9.17, 15) is 4.79 Å². The molecule has 0 aliphatic rings. The lowest BCUT2D eigenvalue weighted by molar-refractivity contribution is -0.121. The molecule has 0 saturated heterocycles. The van der Waals surface area contributed by atoms with Gasteiger partial charge < -0.3 is 5.32 Å². The number of anilines is 1. The van der Waals surface area contributed by atoms with E-state index < -0.39 is 5.41 Å². The molecule has 14 heavy (non-hydrogen) atoms. The maximum atomic E-state index is 11.5. The van der Waals surface area contributed by atoms with Crippen LogP contribution >= 0.6 is 11.3 Å². The number of amides is 1. The van der Waals surface area contributed by atoms with Crippen LogP contribution in [0.5, 0.6) is 0 Å². The van der Waals surface area contributed by atoms with Crippen molar-refractivity contribution >= 4 is 22.4 Å². The molecule has 1 aromatic heterocycles. The molecule has 5 heteroatoms. The van der Waals surface area contributed by atoms with Crippen molar-refractivity contribution in [3.8, 4) is 6.07 Å². The minimum Gasteiger partial charge on any atom is -0.301 e. The van der Waals surface area contributed by atoms with E-state index >= 15 is 0 Å². The monoisotopic (exact) mass is 209 g/mol. The molecule has 0 unspecified atom stereocenters. The molecule has 1 aromatic rings. The lowest BCUT2D eigenvalue weighted by atomic mass is 9.95. The zero-order chi connectivity index (χ0) is 10.8. The molecule has 0 fully saturated rings. The minimum atomic E-state index is -1.01. The van der Waals surface area contributed by atoms with Gasteiger partial charge in [-0.2, -0.15) is 5.26 Å².